The maximum atomic E-state index is 12.2. The van der Waals surface area contributed by atoms with Gasteiger partial charge < -0.3 is 15.5 Å². The van der Waals surface area contributed by atoms with Crippen LogP contribution >= 0.6 is 27.7 Å². The second kappa shape index (κ2) is 8.25. The molecule has 1 fully saturated rings. The predicted octanol–water partition coefficient (Wildman–Crippen LogP) is 3.10. The minimum atomic E-state index is -0.0806. The SMILES string of the molecule is CN=C(NCC(=O)Nc1cc(Br)ccc1C)N1CCSC(C)(C)C1. The number of nitrogens with one attached hydrogen (secondary N) is 2. The molecule has 132 valence electrons. The summed E-state index contributed by atoms with van der Waals surface area (Å²) in [4.78, 5) is 18.8. The molecule has 1 amide bonds. The highest BCUT2D eigenvalue weighted by atomic mass is 79.9. The molecule has 5 nitrogen and oxygen atoms in total. The second-order valence-electron chi connectivity index (χ2n) is 6.44. The van der Waals surface area contributed by atoms with E-state index in [0.29, 0.717) is 0 Å². The van der Waals surface area contributed by atoms with Crippen LogP contribution in [0, 0.1) is 6.92 Å². The standard InChI is InChI=1S/C17H25BrN4OS/c1-12-5-6-13(18)9-14(12)21-15(23)10-20-16(19-4)22-7-8-24-17(2,3)11-22/h5-6,9H,7-8,10-11H2,1-4H3,(H,19,20)(H,21,23). The molecule has 0 aliphatic carbocycles. The van der Waals surface area contributed by atoms with Crippen molar-refractivity contribution in [3.8, 4) is 0 Å². The summed E-state index contributed by atoms with van der Waals surface area (Å²) in [6.07, 6.45) is 0. The summed E-state index contributed by atoms with van der Waals surface area (Å²) < 4.78 is 1.14. The Morgan fingerprint density at radius 2 is 2.21 bits per heavy atom. The second-order valence-corrected chi connectivity index (χ2v) is 9.16. The Labute approximate surface area is 156 Å². The van der Waals surface area contributed by atoms with E-state index in [0.717, 1.165) is 40.5 Å². The lowest BCUT2D eigenvalue weighted by Gasteiger charge is -2.39. The molecule has 2 N–H and O–H groups in total. The Hall–Kier alpha value is -1.21. The minimum Gasteiger partial charge on any atom is -0.347 e. The number of rotatable bonds is 3. The van der Waals surface area contributed by atoms with Crippen molar-refractivity contribution >= 4 is 45.2 Å². The molecule has 0 spiro atoms. The van der Waals surface area contributed by atoms with Crippen LogP contribution in [0.15, 0.2) is 27.7 Å². The maximum absolute atomic E-state index is 12.2. The third kappa shape index (κ3) is 5.41. The van der Waals surface area contributed by atoms with Crippen molar-refractivity contribution in [2.75, 3.05) is 37.8 Å². The van der Waals surface area contributed by atoms with Crippen LogP contribution in [-0.4, -0.2) is 53.9 Å². The van der Waals surface area contributed by atoms with Gasteiger partial charge in [0.05, 0.1) is 6.54 Å². The van der Waals surface area contributed by atoms with Gasteiger partial charge in [-0.1, -0.05) is 22.0 Å². The Kier molecular flexibility index (Phi) is 6.57. The van der Waals surface area contributed by atoms with Gasteiger partial charge >= 0.3 is 0 Å². The zero-order valence-electron chi connectivity index (χ0n) is 14.6. The van der Waals surface area contributed by atoms with E-state index in [9.17, 15) is 4.79 Å². The highest BCUT2D eigenvalue weighted by Crippen LogP contribution is 2.29. The Bertz CT molecular complexity index is 633. The number of aryl methyl sites for hydroxylation is 1. The quantitative estimate of drug-likeness (QED) is 0.591. The average molecular weight is 413 g/mol. The molecule has 7 heteroatoms. The van der Waals surface area contributed by atoms with Crippen LogP contribution in [0.4, 0.5) is 5.69 Å². The first-order valence-electron chi connectivity index (χ1n) is 7.96. The third-order valence-corrected chi connectivity index (χ3v) is 5.61. The number of halogens is 1. The smallest absolute Gasteiger partial charge is 0.243 e. The molecule has 0 bridgehead atoms. The fraction of sp³-hybridized carbons (Fsp3) is 0.529. The summed E-state index contributed by atoms with van der Waals surface area (Å²) >= 11 is 5.40. The molecule has 1 aliphatic rings. The van der Waals surface area contributed by atoms with E-state index in [1.807, 2.05) is 36.9 Å². The van der Waals surface area contributed by atoms with Gasteiger partial charge in [0.2, 0.25) is 5.91 Å². The topological polar surface area (TPSA) is 56.7 Å². The number of amides is 1. The van der Waals surface area contributed by atoms with Gasteiger partial charge in [-0.3, -0.25) is 9.79 Å². The normalized spacial score (nSPS) is 17.5. The molecular weight excluding hydrogens is 388 g/mol. The highest BCUT2D eigenvalue weighted by Gasteiger charge is 2.28. The van der Waals surface area contributed by atoms with Gasteiger partial charge in [0, 0.05) is 40.8 Å². The van der Waals surface area contributed by atoms with Crippen LogP contribution in [0.2, 0.25) is 0 Å². The molecule has 1 heterocycles. The molecule has 1 aliphatic heterocycles. The van der Waals surface area contributed by atoms with Crippen molar-refractivity contribution in [1.82, 2.24) is 10.2 Å². The summed E-state index contributed by atoms with van der Waals surface area (Å²) in [5.41, 5.74) is 1.85. The Balaban J connectivity index is 1.91. The lowest BCUT2D eigenvalue weighted by atomic mass is 10.2. The van der Waals surface area contributed by atoms with E-state index >= 15 is 0 Å². The van der Waals surface area contributed by atoms with Gasteiger partial charge in [0.25, 0.3) is 0 Å². The lowest BCUT2D eigenvalue weighted by Crippen LogP contribution is -2.52. The molecule has 0 saturated carbocycles. The number of carbonyl (C=O) groups is 1. The summed E-state index contributed by atoms with van der Waals surface area (Å²) in [7, 11) is 1.76. The van der Waals surface area contributed by atoms with Crippen LogP contribution < -0.4 is 10.6 Å². The number of thioether (sulfide) groups is 1. The van der Waals surface area contributed by atoms with Crippen LogP contribution in [0.5, 0.6) is 0 Å². The molecule has 0 unspecified atom stereocenters. The summed E-state index contributed by atoms with van der Waals surface area (Å²) in [5, 5.41) is 6.11. The maximum Gasteiger partial charge on any atom is 0.243 e. The van der Waals surface area contributed by atoms with Gasteiger partial charge in [-0.15, -0.1) is 0 Å². The number of benzene rings is 1. The van der Waals surface area contributed by atoms with E-state index in [1.165, 1.54) is 0 Å². The number of guanidine groups is 1. The molecule has 24 heavy (non-hydrogen) atoms. The van der Waals surface area contributed by atoms with Gasteiger partial charge in [-0.2, -0.15) is 11.8 Å². The molecule has 1 saturated heterocycles. The van der Waals surface area contributed by atoms with E-state index in [2.05, 4.69) is 50.3 Å². The fourth-order valence-corrected chi connectivity index (χ4v) is 4.08. The number of hydrogen-bond acceptors (Lipinski definition) is 3. The molecule has 1 aromatic carbocycles. The fourth-order valence-electron chi connectivity index (χ4n) is 2.61. The van der Waals surface area contributed by atoms with Crippen molar-refractivity contribution in [2.45, 2.75) is 25.5 Å². The van der Waals surface area contributed by atoms with Crippen LogP contribution in [-0.2, 0) is 4.79 Å². The van der Waals surface area contributed by atoms with Crippen molar-refractivity contribution in [3.63, 3.8) is 0 Å². The van der Waals surface area contributed by atoms with Gasteiger partial charge in [0.15, 0.2) is 5.96 Å². The number of carbonyl (C=O) groups excluding carboxylic acids is 1. The van der Waals surface area contributed by atoms with Crippen molar-refractivity contribution in [1.29, 1.82) is 0 Å². The monoisotopic (exact) mass is 412 g/mol. The summed E-state index contributed by atoms with van der Waals surface area (Å²) in [6, 6.07) is 5.84. The average Bonchev–Trinajstić information content (AvgIpc) is 2.50. The molecule has 2 rings (SSSR count). The first kappa shape index (κ1) is 19.1. The first-order chi connectivity index (χ1) is 11.3. The Morgan fingerprint density at radius 1 is 1.46 bits per heavy atom. The molecular formula is C17H25BrN4OS. The highest BCUT2D eigenvalue weighted by molar-refractivity contribution is 9.10. The number of nitrogens with zero attached hydrogens (tertiary/aromatic N) is 2. The van der Waals surface area contributed by atoms with Gasteiger partial charge in [0.1, 0.15) is 0 Å². The first-order valence-corrected chi connectivity index (χ1v) is 9.74. The summed E-state index contributed by atoms with van der Waals surface area (Å²) in [6.45, 7) is 8.51. The van der Waals surface area contributed by atoms with E-state index in [1.54, 1.807) is 7.05 Å². The summed E-state index contributed by atoms with van der Waals surface area (Å²) in [5.74, 6) is 1.77. The van der Waals surface area contributed by atoms with E-state index in [4.69, 9.17) is 0 Å². The zero-order valence-corrected chi connectivity index (χ0v) is 17.1. The largest absolute Gasteiger partial charge is 0.347 e. The minimum absolute atomic E-state index is 0.0806. The lowest BCUT2D eigenvalue weighted by molar-refractivity contribution is -0.115. The van der Waals surface area contributed by atoms with Gasteiger partial charge in [-0.25, -0.2) is 0 Å². The van der Waals surface area contributed by atoms with Crippen LogP contribution in [0.3, 0.4) is 0 Å². The molecule has 0 aromatic heterocycles. The third-order valence-electron chi connectivity index (χ3n) is 3.82. The zero-order chi connectivity index (χ0) is 17.7. The van der Waals surface area contributed by atoms with Gasteiger partial charge in [-0.05, 0) is 38.5 Å². The van der Waals surface area contributed by atoms with Crippen molar-refractivity contribution in [3.05, 3.63) is 28.2 Å². The molecule has 0 atom stereocenters. The number of hydrogen-bond donors (Lipinski definition) is 2. The number of anilines is 1. The van der Waals surface area contributed by atoms with Crippen molar-refractivity contribution < 1.29 is 4.79 Å². The molecule has 0 radical (unpaired) electrons. The van der Waals surface area contributed by atoms with Crippen LogP contribution in [0.1, 0.15) is 19.4 Å². The number of aliphatic imine (C=N–C) groups is 1. The molecule has 1 aromatic rings. The van der Waals surface area contributed by atoms with E-state index < -0.39 is 0 Å². The van der Waals surface area contributed by atoms with E-state index in [-0.39, 0.29) is 17.2 Å². The Morgan fingerprint density at radius 3 is 2.88 bits per heavy atom. The predicted molar refractivity (Wildman–Crippen MR) is 107 cm³/mol. The van der Waals surface area contributed by atoms with Crippen molar-refractivity contribution in [2.24, 2.45) is 4.99 Å². The van der Waals surface area contributed by atoms with Crippen LogP contribution in [0.25, 0.3) is 0 Å².